The summed E-state index contributed by atoms with van der Waals surface area (Å²) >= 11 is 0. The molecule has 0 N–H and O–H groups in total. The molecule has 7 nitrogen and oxygen atoms in total. The smallest absolute Gasteiger partial charge is 0.263 e. The molecule has 2 saturated heterocycles. The molecule has 2 aromatic carbocycles. The summed E-state index contributed by atoms with van der Waals surface area (Å²) in [5.74, 6) is 2.74. The third-order valence-electron chi connectivity index (χ3n) is 7.32. The van der Waals surface area contributed by atoms with E-state index in [-0.39, 0.29) is 5.91 Å². The van der Waals surface area contributed by atoms with Crippen LogP contribution in [-0.2, 0) is 0 Å². The standard InChI is InChI=1S/C29H35N5O2/c1-21-10-14-33(15-11-21)27-28(31-13-12-30-27)36-25-8-6-24(7-9-25)29(35)34-18-16-32(17-19-34)26-20-22(2)4-5-23(26)3/h4-9,12-13,20-21H,10-11,14-19H2,1-3H3. The van der Waals surface area contributed by atoms with Gasteiger partial charge in [-0.2, -0.15) is 0 Å². The van der Waals surface area contributed by atoms with Crippen molar-refractivity contribution in [2.45, 2.75) is 33.6 Å². The van der Waals surface area contributed by atoms with Gasteiger partial charge in [-0.25, -0.2) is 9.97 Å². The van der Waals surface area contributed by atoms with Crippen LogP contribution in [-0.4, -0.2) is 60.0 Å². The Morgan fingerprint density at radius 1 is 0.861 bits per heavy atom. The van der Waals surface area contributed by atoms with E-state index in [9.17, 15) is 4.79 Å². The van der Waals surface area contributed by atoms with Gasteiger partial charge in [0.05, 0.1) is 0 Å². The van der Waals surface area contributed by atoms with E-state index in [1.54, 1.807) is 12.4 Å². The number of aryl methyl sites for hydroxylation is 2. The SMILES string of the molecule is Cc1ccc(C)c(N2CCN(C(=O)c3ccc(Oc4nccnc4N4CCC(C)CC4)cc3)CC2)c1. The number of rotatable bonds is 5. The molecule has 0 spiro atoms. The molecular formula is C29H35N5O2. The molecule has 36 heavy (non-hydrogen) atoms. The van der Waals surface area contributed by atoms with Gasteiger partial charge in [0, 0.05) is 62.9 Å². The molecule has 3 aromatic rings. The average molecular weight is 486 g/mol. The number of ether oxygens (including phenoxy) is 1. The van der Waals surface area contributed by atoms with Crippen LogP contribution in [0.1, 0.15) is 41.3 Å². The van der Waals surface area contributed by atoms with Gasteiger partial charge < -0.3 is 19.4 Å². The molecule has 1 aromatic heterocycles. The minimum atomic E-state index is 0.0600. The molecular weight excluding hydrogens is 450 g/mol. The normalized spacial score (nSPS) is 16.8. The van der Waals surface area contributed by atoms with Gasteiger partial charge >= 0.3 is 0 Å². The zero-order chi connectivity index (χ0) is 25.1. The van der Waals surface area contributed by atoms with E-state index in [0.717, 1.165) is 50.8 Å². The highest BCUT2D eigenvalue weighted by atomic mass is 16.5. The van der Waals surface area contributed by atoms with Crippen molar-refractivity contribution in [3.63, 3.8) is 0 Å². The highest BCUT2D eigenvalue weighted by molar-refractivity contribution is 5.94. The van der Waals surface area contributed by atoms with Crippen LogP contribution in [0.5, 0.6) is 11.6 Å². The van der Waals surface area contributed by atoms with E-state index >= 15 is 0 Å². The fourth-order valence-electron chi connectivity index (χ4n) is 5.00. The molecule has 1 amide bonds. The maximum atomic E-state index is 13.2. The Labute approximate surface area is 213 Å². The minimum absolute atomic E-state index is 0.0600. The molecule has 0 unspecified atom stereocenters. The van der Waals surface area contributed by atoms with Gasteiger partial charge in [-0.3, -0.25) is 4.79 Å². The Morgan fingerprint density at radius 2 is 1.56 bits per heavy atom. The van der Waals surface area contributed by atoms with E-state index in [4.69, 9.17) is 4.74 Å². The summed E-state index contributed by atoms with van der Waals surface area (Å²) in [6.45, 7) is 11.6. The third-order valence-corrected chi connectivity index (χ3v) is 7.32. The van der Waals surface area contributed by atoms with Crippen LogP contribution < -0.4 is 14.5 Å². The van der Waals surface area contributed by atoms with Gasteiger partial charge in [-0.15, -0.1) is 0 Å². The number of anilines is 2. The number of piperazine rings is 1. The first-order chi connectivity index (χ1) is 17.5. The molecule has 3 heterocycles. The highest BCUT2D eigenvalue weighted by Gasteiger charge is 2.24. The number of carbonyl (C=O) groups is 1. The van der Waals surface area contributed by atoms with Crippen molar-refractivity contribution in [3.05, 3.63) is 71.5 Å². The maximum Gasteiger partial charge on any atom is 0.263 e. The third kappa shape index (κ3) is 5.30. The van der Waals surface area contributed by atoms with E-state index in [0.29, 0.717) is 30.3 Å². The molecule has 0 atom stereocenters. The van der Waals surface area contributed by atoms with E-state index < -0.39 is 0 Å². The monoisotopic (exact) mass is 485 g/mol. The molecule has 2 aliphatic rings. The summed E-state index contributed by atoms with van der Waals surface area (Å²) in [4.78, 5) is 28.7. The summed E-state index contributed by atoms with van der Waals surface area (Å²) in [5.41, 5.74) is 4.48. The van der Waals surface area contributed by atoms with Crippen LogP contribution >= 0.6 is 0 Å². The first kappa shape index (κ1) is 24.1. The number of hydrogen-bond donors (Lipinski definition) is 0. The summed E-state index contributed by atoms with van der Waals surface area (Å²) < 4.78 is 6.11. The molecule has 2 aliphatic heterocycles. The number of benzene rings is 2. The molecule has 7 heteroatoms. The van der Waals surface area contributed by atoms with Crippen molar-refractivity contribution in [3.8, 4) is 11.6 Å². The summed E-state index contributed by atoms with van der Waals surface area (Å²) in [7, 11) is 0. The highest BCUT2D eigenvalue weighted by Crippen LogP contribution is 2.31. The Morgan fingerprint density at radius 3 is 2.28 bits per heavy atom. The summed E-state index contributed by atoms with van der Waals surface area (Å²) in [5, 5.41) is 0. The Bertz CT molecular complexity index is 1200. The second kappa shape index (κ2) is 10.6. The molecule has 0 saturated carbocycles. The molecule has 0 aliphatic carbocycles. The molecule has 5 rings (SSSR count). The lowest BCUT2D eigenvalue weighted by Crippen LogP contribution is -2.49. The number of piperidine rings is 1. The second-order valence-corrected chi connectivity index (χ2v) is 10.1. The van der Waals surface area contributed by atoms with Gasteiger partial charge in [0.1, 0.15) is 5.75 Å². The van der Waals surface area contributed by atoms with Crippen LogP contribution in [0.3, 0.4) is 0 Å². The van der Waals surface area contributed by atoms with Gasteiger partial charge in [0.2, 0.25) is 0 Å². The lowest BCUT2D eigenvalue weighted by molar-refractivity contribution is 0.0746. The topological polar surface area (TPSA) is 61.8 Å². The summed E-state index contributed by atoms with van der Waals surface area (Å²) in [6.07, 6.45) is 5.65. The van der Waals surface area contributed by atoms with Gasteiger partial charge in [-0.1, -0.05) is 19.1 Å². The van der Waals surface area contributed by atoms with E-state index in [2.05, 4.69) is 58.7 Å². The largest absolute Gasteiger partial charge is 0.436 e. The quantitative estimate of drug-likeness (QED) is 0.502. The lowest BCUT2D eigenvalue weighted by atomic mass is 9.99. The zero-order valence-corrected chi connectivity index (χ0v) is 21.5. The number of hydrogen-bond acceptors (Lipinski definition) is 6. The van der Waals surface area contributed by atoms with Gasteiger partial charge in [0.25, 0.3) is 11.8 Å². The van der Waals surface area contributed by atoms with Crippen molar-refractivity contribution >= 4 is 17.4 Å². The van der Waals surface area contributed by atoms with Crippen LogP contribution in [0.25, 0.3) is 0 Å². The van der Waals surface area contributed by atoms with Crippen molar-refractivity contribution in [1.82, 2.24) is 14.9 Å². The lowest BCUT2D eigenvalue weighted by Gasteiger charge is -2.37. The fourth-order valence-corrected chi connectivity index (χ4v) is 5.00. The van der Waals surface area contributed by atoms with Crippen molar-refractivity contribution in [1.29, 1.82) is 0 Å². The molecule has 0 radical (unpaired) electrons. The van der Waals surface area contributed by atoms with Crippen LogP contribution in [0.2, 0.25) is 0 Å². The first-order valence-corrected chi connectivity index (χ1v) is 12.9. The predicted molar refractivity (Wildman–Crippen MR) is 143 cm³/mol. The Hall–Kier alpha value is -3.61. The van der Waals surface area contributed by atoms with E-state index in [1.165, 1.54) is 16.8 Å². The number of carbonyl (C=O) groups excluding carboxylic acids is 1. The van der Waals surface area contributed by atoms with Crippen LogP contribution in [0, 0.1) is 19.8 Å². The number of amides is 1. The van der Waals surface area contributed by atoms with E-state index in [1.807, 2.05) is 29.2 Å². The fraction of sp³-hybridized carbons (Fsp3) is 0.414. The van der Waals surface area contributed by atoms with Crippen molar-refractivity contribution in [2.75, 3.05) is 49.1 Å². The molecule has 2 fully saturated rings. The molecule has 0 bridgehead atoms. The maximum absolute atomic E-state index is 13.2. The number of nitrogens with zero attached hydrogens (tertiary/aromatic N) is 5. The molecule has 188 valence electrons. The second-order valence-electron chi connectivity index (χ2n) is 10.1. The number of aromatic nitrogens is 2. The van der Waals surface area contributed by atoms with Crippen LogP contribution in [0.4, 0.5) is 11.5 Å². The van der Waals surface area contributed by atoms with Crippen LogP contribution in [0.15, 0.2) is 54.9 Å². The predicted octanol–water partition coefficient (Wildman–Crippen LogP) is 5.08. The van der Waals surface area contributed by atoms with Crippen molar-refractivity contribution in [2.24, 2.45) is 5.92 Å². The Balaban J connectivity index is 1.21. The zero-order valence-electron chi connectivity index (χ0n) is 21.5. The van der Waals surface area contributed by atoms with Crippen molar-refractivity contribution < 1.29 is 9.53 Å². The Kier molecular flexibility index (Phi) is 7.07. The summed E-state index contributed by atoms with van der Waals surface area (Å²) in [6, 6.07) is 13.9. The van der Waals surface area contributed by atoms with Gasteiger partial charge in [0.15, 0.2) is 5.82 Å². The first-order valence-electron chi connectivity index (χ1n) is 12.9. The van der Waals surface area contributed by atoms with Gasteiger partial charge in [-0.05, 0) is 74.1 Å². The minimum Gasteiger partial charge on any atom is -0.436 e. The average Bonchev–Trinajstić information content (AvgIpc) is 2.91.